The van der Waals surface area contributed by atoms with Crippen molar-refractivity contribution in [1.29, 1.82) is 0 Å². The van der Waals surface area contributed by atoms with E-state index in [1.807, 2.05) is 84.9 Å². The lowest BCUT2D eigenvalue weighted by atomic mass is 10.0. The molecule has 0 saturated carbocycles. The standard InChI is InChI=1S/2C23H17O.BFO2/c2*1-4-10-18(11-5-1)21-16-22(19-12-6-2-7-13-19)24-23(17-21)20-14-8-3-9-15-20;2-1(3)4/h2*1-17H;/q2*+1;-2. The van der Waals surface area contributed by atoms with Crippen LogP contribution in [0.3, 0.4) is 0 Å². The molecule has 0 aliphatic carbocycles. The van der Waals surface area contributed by atoms with Gasteiger partial charge in [-0.15, -0.1) is 0 Å². The van der Waals surface area contributed by atoms with Gasteiger partial charge in [-0.1, -0.05) is 133 Å². The van der Waals surface area contributed by atoms with Gasteiger partial charge in [0.25, 0.3) is 0 Å². The van der Waals surface area contributed by atoms with E-state index >= 15 is 0 Å². The van der Waals surface area contributed by atoms with Gasteiger partial charge < -0.3 is 14.4 Å². The maximum Gasteiger partial charge on any atom is 0.361 e. The molecule has 2 aromatic heterocycles. The number of rotatable bonds is 6. The lowest BCUT2D eigenvalue weighted by Gasteiger charge is -2.09. The van der Waals surface area contributed by atoms with Crippen molar-refractivity contribution in [3.63, 3.8) is 0 Å². The summed E-state index contributed by atoms with van der Waals surface area (Å²) in [5.41, 5.74) is 8.98. The second kappa shape index (κ2) is 18.0. The summed E-state index contributed by atoms with van der Waals surface area (Å²) in [5, 5.41) is 16.6. The molecule has 6 aromatic carbocycles. The summed E-state index contributed by atoms with van der Waals surface area (Å²) in [6, 6.07) is 70.1. The Kier molecular flexibility index (Phi) is 12.2. The number of halogens is 1. The second-order valence-electron chi connectivity index (χ2n) is 11.6. The van der Waals surface area contributed by atoms with E-state index in [-0.39, 0.29) is 0 Å². The Morgan fingerprint density at radius 1 is 0.288 bits per heavy atom. The third kappa shape index (κ3) is 9.83. The van der Waals surface area contributed by atoms with E-state index in [9.17, 15) is 4.32 Å². The lowest BCUT2D eigenvalue weighted by molar-refractivity contribution is -0.366. The molecule has 0 bridgehead atoms. The van der Waals surface area contributed by atoms with Crippen LogP contribution in [0, 0.1) is 0 Å². The molecule has 0 fully saturated rings. The van der Waals surface area contributed by atoms with Gasteiger partial charge in [-0.05, 0) is 59.7 Å². The van der Waals surface area contributed by atoms with Crippen molar-refractivity contribution in [3.8, 4) is 67.5 Å². The summed E-state index contributed by atoms with van der Waals surface area (Å²) in [6.45, 7) is 0. The molecule has 52 heavy (non-hydrogen) atoms. The molecular formula is C46H34BFO4. The summed E-state index contributed by atoms with van der Waals surface area (Å²) >= 11 is 0. The van der Waals surface area contributed by atoms with Crippen LogP contribution >= 0.6 is 0 Å². The van der Waals surface area contributed by atoms with Gasteiger partial charge >= 0.3 is 23.0 Å². The lowest BCUT2D eigenvalue weighted by Crippen LogP contribution is -2.39. The Hall–Kier alpha value is -6.47. The molecule has 0 saturated heterocycles. The fraction of sp³-hybridized carbons (Fsp3) is 0. The summed E-state index contributed by atoms with van der Waals surface area (Å²) < 4.78 is 22.3. The molecule has 0 radical (unpaired) electrons. The maximum atomic E-state index is 9.89. The molecule has 4 nitrogen and oxygen atoms in total. The highest BCUT2D eigenvalue weighted by molar-refractivity contribution is 6.27. The zero-order valence-corrected chi connectivity index (χ0v) is 28.2. The smallest absolute Gasteiger partial charge is 0.361 e. The van der Waals surface area contributed by atoms with Crippen LogP contribution in [0.1, 0.15) is 0 Å². The highest BCUT2D eigenvalue weighted by Crippen LogP contribution is 2.34. The van der Waals surface area contributed by atoms with Crippen LogP contribution in [0.25, 0.3) is 67.5 Å². The van der Waals surface area contributed by atoms with Crippen molar-refractivity contribution in [2.24, 2.45) is 0 Å². The monoisotopic (exact) mass is 680 g/mol. The van der Waals surface area contributed by atoms with Gasteiger partial charge in [0.1, 0.15) is 7.40 Å². The zero-order valence-electron chi connectivity index (χ0n) is 28.2. The highest BCUT2D eigenvalue weighted by atomic mass is 19.1. The van der Waals surface area contributed by atoms with Crippen molar-refractivity contribution in [3.05, 3.63) is 206 Å². The van der Waals surface area contributed by atoms with E-state index in [0.717, 1.165) is 56.4 Å². The molecule has 8 rings (SSSR count). The van der Waals surface area contributed by atoms with Crippen LogP contribution in [0.2, 0.25) is 0 Å². The van der Waals surface area contributed by atoms with Crippen LogP contribution < -0.4 is 10.0 Å². The van der Waals surface area contributed by atoms with E-state index < -0.39 is 7.40 Å². The van der Waals surface area contributed by atoms with Crippen molar-refractivity contribution in [2.45, 2.75) is 0 Å². The number of hydrogen-bond donors (Lipinski definition) is 0. The molecule has 0 aliphatic heterocycles. The van der Waals surface area contributed by atoms with Crippen molar-refractivity contribution < 1.29 is 23.2 Å². The summed E-state index contributed by atoms with van der Waals surface area (Å²) in [6.07, 6.45) is 0. The van der Waals surface area contributed by atoms with Gasteiger partial charge in [0.05, 0.1) is 46.5 Å². The molecule has 0 aliphatic rings. The van der Waals surface area contributed by atoms with Crippen LogP contribution in [0.5, 0.6) is 0 Å². The molecule has 8 aromatic rings. The van der Waals surface area contributed by atoms with E-state index in [4.69, 9.17) is 18.9 Å². The first-order valence-corrected chi connectivity index (χ1v) is 16.8. The third-order valence-corrected chi connectivity index (χ3v) is 8.03. The first-order chi connectivity index (χ1) is 25.5. The van der Waals surface area contributed by atoms with Crippen molar-refractivity contribution in [1.82, 2.24) is 0 Å². The molecule has 2 heterocycles. The quantitative estimate of drug-likeness (QED) is 0.129. The molecule has 0 spiro atoms. The Morgan fingerprint density at radius 2 is 0.462 bits per heavy atom. The zero-order chi connectivity index (χ0) is 36.0. The van der Waals surface area contributed by atoms with Gasteiger partial charge in [-0.25, -0.2) is 8.83 Å². The van der Waals surface area contributed by atoms with Crippen LogP contribution in [-0.2, 0) is 0 Å². The Labute approximate surface area is 303 Å². The van der Waals surface area contributed by atoms with Gasteiger partial charge in [0.15, 0.2) is 0 Å². The predicted molar refractivity (Wildman–Crippen MR) is 206 cm³/mol. The van der Waals surface area contributed by atoms with Gasteiger partial charge in [-0.3, -0.25) is 0 Å². The topological polar surface area (TPSA) is 68.7 Å². The minimum Gasteiger partial charge on any atom is -0.867 e. The highest BCUT2D eigenvalue weighted by Gasteiger charge is 2.21. The fourth-order valence-electron chi connectivity index (χ4n) is 5.58. The minimum absolute atomic E-state index is 0.871. The molecule has 0 N–H and O–H groups in total. The largest absolute Gasteiger partial charge is 0.867 e. The van der Waals surface area contributed by atoms with E-state index in [2.05, 4.69) is 121 Å². The van der Waals surface area contributed by atoms with Crippen LogP contribution in [-0.4, -0.2) is 7.40 Å². The molecular weight excluding hydrogens is 646 g/mol. The number of benzene rings is 6. The summed E-state index contributed by atoms with van der Waals surface area (Å²) in [7, 11) is -3.17. The van der Waals surface area contributed by atoms with E-state index in [0.29, 0.717) is 0 Å². The van der Waals surface area contributed by atoms with Gasteiger partial charge in [0.2, 0.25) is 0 Å². The molecule has 6 heteroatoms. The molecule has 0 atom stereocenters. The van der Waals surface area contributed by atoms with Crippen LogP contribution in [0.15, 0.2) is 215 Å². The SMILES string of the molecule is [O-]B([O-])F.c1ccc(-c2cc(-c3ccccc3)[o+]c(-c3ccccc3)c2)cc1.c1ccc(-c2cc(-c3ccccc3)[o+]c(-c3ccccc3)c2)cc1. The Bertz CT molecular complexity index is 1810. The van der Waals surface area contributed by atoms with E-state index in [1.54, 1.807) is 0 Å². The molecule has 252 valence electrons. The van der Waals surface area contributed by atoms with Gasteiger partial charge in [0, 0.05) is 11.1 Å². The minimum atomic E-state index is -3.17. The first-order valence-electron chi connectivity index (χ1n) is 16.8. The molecule has 0 amide bonds. The van der Waals surface area contributed by atoms with E-state index in [1.165, 1.54) is 11.1 Å². The summed E-state index contributed by atoms with van der Waals surface area (Å²) in [4.78, 5) is 0. The summed E-state index contributed by atoms with van der Waals surface area (Å²) in [5.74, 6) is 3.48. The van der Waals surface area contributed by atoms with Crippen molar-refractivity contribution in [2.75, 3.05) is 0 Å². The van der Waals surface area contributed by atoms with Gasteiger partial charge in [-0.2, -0.15) is 0 Å². The fourth-order valence-corrected chi connectivity index (χ4v) is 5.58. The Balaban J connectivity index is 0.000000162. The normalized spacial score (nSPS) is 10.2. The van der Waals surface area contributed by atoms with Crippen LogP contribution in [0.4, 0.5) is 4.32 Å². The predicted octanol–water partition coefficient (Wildman–Crippen LogP) is 10.8. The van der Waals surface area contributed by atoms with Crippen molar-refractivity contribution >= 4 is 7.40 Å². The molecule has 0 unspecified atom stereocenters. The first kappa shape index (κ1) is 35.4. The second-order valence-corrected chi connectivity index (χ2v) is 11.6. The number of hydrogen-bond acceptors (Lipinski definition) is 2. The average Bonchev–Trinajstić information content (AvgIpc) is 3.22. The average molecular weight is 681 g/mol. The maximum absolute atomic E-state index is 9.89. The Morgan fingerprint density at radius 3 is 0.654 bits per heavy atom. The third-order valence-electron chi connectivity index (χ3n) is 8.03.